The van der Waals surface area contributed by atoms with Gasteiger partial charge in [0.25, 0.3) is 0 Å². The van der Waals surface area contributed by atoms with Crippen LogP contribution in [0.25, 0.3) is 10.8 Å². The summed E-state index contributed by atoms with van der Waals surface area (Å²) in [5.41, 5.74) is 6.69. The first-order valence-electron chi connectivity index (χ1n) is 7.25. The summed E-state index contributed by atoms with van der Waals surface area (Å²) in [4.78, 5) is 0.107. The van der Waals surface area contributed by atoms with Crippen LogP contribution in [-0.2, 0) is 16.3 Å². The number of benzene rings is 3. The van der Waals surface area contributed by atoms with E-state index in [1.165, 1.54) is 18.2 Å². The van der Waals surface area contributed by atoms with Crippen LogP contribution in [-0.4, -0.2) is 15.0 Å². The minimum atomic E-state index is -3.74. The molecule has 23 heavy (non-hydrogen) atoms. The summed E-state index contributed by atoms with van der Waals surface area (Å²) in [6.45, 7) is 0.530. The van der Waals surface area contributed by atoms with Crippen molar-refractivity contribution < 1.29 is 12.8 Å². The number of fused-ring (bicyclic) bond motifs is 1. The zero-order valence-corrected chi connectivity index (χ0v) is 13.2. The maximum absolute atomic E-state index is 13.3. The van der Waals surface area contributed by atoms with Gasteiger partial charge in [0.15, 0.2) is 0 Å². The minimum absolute atomic E-state index is 0.0463. The van der Waals surface area contributed by atoms with Crippen LogP contribution in [0.4, 0.5) is 4.39 Å². The molecular weight excluding hydrogens is 313 g/mol. The first kappa shape index (κ1) is 15.6. The van der Waals surface area contributed by atoms with Gasteiger partial charge in [0.05, 0.1) is 9.79 Å². The predicted octanol–water partition coefficient (Wildman–Crippen LogP) is 3.31. The van der Waals surface area contributed by atoms with Gasteiger partial charge in [-0.2, -0.15) is 0 Å². The minimum Gasteiger partial charge on any atom is -0.330 e. The van der Waals surface area contributed by atoms with Gasteiger partial charge < -0.3 is 5.73 Å². The molecule has 0 saturated heterocycles. The zero-order valence-electron chi connectivity index (χ0n) is 12.4. The Kier molecular flexibility index (Phi) is 4.15. The van der Waals surface area contributed by atoms with Gasteiger partial charge >= 0.3 is 0 Å². The highest BCUT2D eigenvalue weighted by molar-refractivity contribution is 7.91. The average molecular weight is 329 g/mol. The van der Waals surface area contributed by atoms with E-state index in [1.54, 1.807) is 18.2 Å². The lowest BCUT2D eigenvalue weighted by Gasteiger charge is -2.09. The summed E-state index contributed by atoms with van der Waals surface area (Å²) in [6.07, 6.45) is 0.729. The first-order valence-corrected chi connectivity index (χ1v) is 8.73. The van der Waals surface area contributed by atoms with Gasteiger partial charge in [0.1, 0.15) is 5.82 Å². The van der Waals surface area contributed by atoms with Crippen LogP contribution in [0.3, 0.4) is 0 Å². The van der Waals surface area contributed by atoms with Crippen LogP contribution >= 0.6 is 0 Å². The van der Waals surface area contributed by atoms with Crippen LogP contribution in [0.15, 0.2) is 70.5 Å². The van der Waals surface area contributed by atoms with Crippen LogP contribution < -0.4 is 5.73 Å². The highest BCUT2D eigenvalue weighted by Crippen LogP contribution is 2.27. The lowest BCUT2D eigenvalue weighted by atomic mass is 10.0. The Morgan fingerprint density at radius 3 is 2.39 bits per heavy atom. The van der Waals surface area contributed by atoms with E-state index in [9.17, 15) is 12.8 Å². The van der Waals surface area contributed by atoms with Gasteiger partial charge in [0.2, 0.25) is 9.84 Å². The molecule has 0 aliphatic rings. The van der Waals surface area contributed by atoms with Crippen LogP contribution in [0.2, 0.25) is 0 Å². The van der Waals surface area contributed by atoms with E-state index in [2.05, 4.69) is 0 Å². The van der Waals surface area contributed by atoms with Crippen LogP contribution in [0, 0.1) is 5.82 Å². The maximum atomic E-state index is 13.3. The summed E-state index contributed by atoms with van der Waals surface area (Å²) in [5.74, 6) is -0.572. The number of sulfone groups is 1. The summed E-state index contributed by atoms with van der Waals surface area (Å²) < 4.78 is 38.6. The lowest BCUT2D eigenvalue weighted by Crippen LogP contribution is -2.04. The molecule has 3 rings (SSSR count). The SMILES string of the molecule is NCCc1cccc2cc(S(=O)(=O)c3cccc(F)c3)ccc12. The Bertz CT molecular complexity index is 968. The number of hydrogen-bond donors (Lipinski definition) is 1. The molecule has 3 aromatic carbocycles. The van der Waals surface area contributed by atoms with Gasteiger partial charge in [-0.1, -0.05) is 30.3 Å². The van der Waals surface area contributed by atoms with Crippen LogP contribution in [0.1, 0.15) is 5.56 Å². The fourth-order valence-corrected chi connectivity index (χ4v) is 3.97. The summed E-state index contributed by atoms with van der Waals surface area (Å²) in [6, 6.07) is 15.7. The Balaban J connectivity index is 2.14. The Hall–Kier alpha value is -2.24. The van der Waals surface area contributed by atoms with Gasteiger partial charge in [-0.25, -0.2) is 12.8 Å². The van der Waals surface area contributed by atoms with Gasteiger partial charge in [0, 0.05) is 0 Å². The third-order valence-corrected chi connectivity index (χ3v) is 5.52. The van der Waals surface area contributed by atoms with Crippen molar-refractivity contribution in [1.82, 2.24) is 0 Å². The molecule has 0 atom stereocenters. The van der Waals surface area contributed by atoms with E-state index < -0.39 is 15.7 Å². The van der Waals surface area contributed by atoms with E-state index >= 15 is 0 Å². The smallest absolute Gasteiger partial charge is 0.206 e. The molecule has 0 aliphatic heterocycles. The van der Waals surface area contributed by atoms with Crippen molar-refractivity contribution in [3.63, 3.8) is 0 Å². The van der Waals surface area contributed by atoms with Crippen molar-refractivity contribution in [3.8, 4) is 0 Å². The summed E-state index contributed by atoms with van der Waals surface area (Å²) >= 11 is 0. The van der Waals surface area contributed by atoms with Crippen molar-refractivity contribution in [2.45, 2.75) is 16.2 Å². The first-order chi connectivity index (χ1) is 11.0. The van der Waals surface area contributed by atoms with Crippen molar-refractivity contribution in [2.75, 3.05) is 6.54 Å². The second-order valence-corrected chi connectivity index (χ2v) is 7.25. The topological polar surface area (TPSA) is 60.2 Å². The second kappa shape index (κ2) is 6.10. The maximum Gasteiger partial charge on any atom is 0.206 e. The molecule has 0 aromatic heterocycles. The molecule has 3 aromatic rings. The molecule has 0 bridgehead atoms. The Labute approximate surface area is 134 Å². The zero-order chi connectivity index (χ0) is 16.4. The lowest BCUT2D eigenvalue weighted by molar-refractivity contribution is 0.591. The predicted molar refractivity (Wildman–Crippen MR) is 88.6 cm³/mol. The van der Waals surface area contributed by atoms with Crippen molar-refractivity contribution >= 4 is 20.6 Å². The largest absolute Gasteiger partial charge is 0.330 e. The molecule has 0 radical (unpaired) electrons. The van der Waals surface area contributed by atoms with E-state index in [-0.39, 0.29) is 9.79 Å². The Morgan fingerprint density at radius 2 is 1.65 bits per heavy atom. The molecule has 0 heterocycles. The standard InChI is InChI=1S/C18H16FNO2S/c19-15-5-2-6-16(12-15)23(21,22)17-7-8-18-13(9-10-20)3-1-4-14(18)11-17/h1-8,11-12H,9-10,20H2. The van der Waals surface area contributed by atoms with Crippen LogP contribution in [0.5, 0.6) is 0 Å². The number of hydrogen-bond acceptors (Lipinski definition) is 3. The molecule has 3 nitrogen and oxygen atoms in total. The van der Waals surface area contributed by atoms with E-state index in [0.29, 0.717) is 6.54 Å². The van der Waals surface area contributed by atoms with Gasteiger partial charge in [-0.15, -0.1) is 0 Å². The molecule has 2 N–H and O–H groups in total. The van der Waals surface area contributed by atoms with E-state index in [0.717, 1.165) is 28.8 Å². The number of nitrogens with two attached hydrogens (primary N) is 1. The summed E-state index contributed by atoms with van der Waals surface area (Å²) in [5, 5.41) is 1.81. The number of rotatable bonds is 4. The normalized spacial score (nSPS) is 11.7. The molecule has 0 saturated carbocycles. The molecule has 0 unspecified atom stereocenters. The highest BCUT2D eigenvalue weighted by atomic mass is 32.2. The fraction of sp³-hybridized carbons (Fsp3) is 0.111. The third kappa shape index (κ3) is 2.98. The number of halogens is 1. The van der Waals surface area contributed by atoms with E-state index in [1.807, 2.05) is 18.2 Å². The van der Waals surface area contributed by atoms with Crippen molar-refractivity contribution in [2.24, 2.45) is 5.73 Å². The molecular formula is C18H16FNO2S. The van der Waals surface area contributed by atoms with Crippen molar-refractivity contribution in [3.05, 3.63) is 72.0 Å². The fourth-order valence-electron chi connectivity index (χ4n) is 2.64. The van der Waals surface area contributed by atoms with Gasteiger partial charge in [-0.3, -0.25) is 0 Å². The monoisotopic (exact) mass is 329 g/mol. The van der Waals surface area contributed by atoms with Crippen molar-refractivity contribution in [1.29, 1.82) is 0 Å². The van der Waals surface area contributed by atoms with E-state index in [4.69, 9.17) is 5.73 Å². The quantitative estimate of drug-likeness (QED) is 0.799. The highest BCUT2D eigenvalue weighted by Gasteiger charge is 2.18. The molecule has 0 fully saturated rings. The summed E-state index contributed by atoms with van der Waals surface area (Å²) in [7, 11) is -3.74. The van der Waals surface area contributed by atoms with Gasteiger partial charge in [-0.05, 0) is 59.6 Å². The second-order valence-electron chi connectivity index (χ2n) is 5.30. The molecule has 0 spiro atoms. The molecule has 118 valence electrons. The third-order valence-electron chi connectivity index (χ3n) is 3.77. The molecule has 5 heteroatoms. The molecule has 0 amide bonds. The molecule has 0 aliphatic carbocycles. The average Bonchev–Trinajstić information content (AvgIpc) is 2.55. The Morgan fingerprint density at radius 1 is 0.913 bits per heavy atom.